The van der Waals surface area contributed by atoms with Gasteiger partial charge in [0.1, 0.15) is 0 Å². The number of carbonyl (C=O) groups is 1. The second kappa shape index (κ2) is 10.3. The van der Waals surface area contributed by atoms with E-state index in [0.717, 1.165) is 37.0 Å². The number of hydrogen-bond acceptors (Lipinski definition) is 4. The largest absolute Gasteiger partial charge is 0.412 e. The van der Waals surface area contributed by atoms with Crippen molar-refractivity contribution in [3.63, 3.8) is 0 Å². The average Bonchev–Trinajstić information content (AvgIpc) is 3.24. The lowest BCUT2D eigenvalue weighted by molar-refractivity contribution is 0.102. The molecule has 7 nitrogen and oxygen atoms in total. The molecule has 2 aromatic heterocycles. The van der Waals surface area contributed by atoms with Gasteiger partial charge in [-0.15, -0.1) is 12.4 Å². The second-order valence-corrected chi connectivity index (χ2v) is 7.63. The van der Waals surface area contributed by atoms with Crippen LogP contribution < -0.4 is 10.2 Å². The molecule has 1 amide bonds. The molecule has 1 aliphatic heterocycles. The minimum Gasteiger partial charge on any atom is -0.412 e. The molecule has 0 atom stereocenters. The van der Waals surface area contributed by atoms with Crippen LogP contribution >= 0.6 is 12.4 Å². The predicted molar refractivity (Wildman–Crippen MR) is 130 cm³/mol. The number of H-pyrrole nitrogens is 1. The summed E-state index contributed by atoms with van der Waals surface area (Å²) < 4.78 is 0. The van der Waals surface area contributed by atoms with Gasteiger partial charge in [-0.25, -0.2) is 9.97 Å². The number of nitrogens with one attached hydrogen (secondary N) is 2. The summed E-state index contributed by atoms with van der Waals surface area (Å²) in [5.41, 5.74) is 4.79. The lowest BCUT2D eigenvalue weighted by Crippen LogP contribution is -2.32. The Kier molecular flexibility index (Phi) is 7.45. The predicted octanol–water partition coefficient (Wildman–Crippen LogP) is 4.19. The quantitative estimate of drug-likeness (QED) is 0.485. The summed E-state index contributed by atoms with van der Waals surface area (Å²) in [7, 11) is 0. The molecule has 0 radical (unpaired) electrons. The monoisotopic (exact) mass is 451 g/mol. The fraction of sp³-hybridized carbons (Fsp3) is 0.208. The highest BCUT2D eigenvalue weighted by Gasteiger charge is 2.22. The number of piperidine rings is 1. The van der Waals surface area contributed by atoms with Gasteiger partial charge < -0.3 is 15.4 Å². The summed E-state index contributed by atoms with van der Waals surface area (Å²) in [6.07, 6.45) is 3.92. The second-order valence-electron chi connectivity index (χ2n) is 7.63. The molecule has 0 aliphatic carbocycles. The Hall–Kier alpha value is -3.42. The normalized spacial score (nSPS) is 13.8. The summed E-state index contributed by atoms with van der Waals surface area (Å²) >= 11 is 0. The topological polar surface area (TPSA) is 105 Å². The molecule has 2 aromatic carbocycles. The molecule has 8 heteroatoms. The third kappa shape index (κ3) is 4.90. The Balaban J connectivity index is 0.00000144. The van der Waals surface area contributed by atoms with Crippen LogP contribution in [0.3, 0.4) is 0 Å². The summed E-state index contributed by atoms with van der Waals surface area (Å²) in [4.78, 5) is 27.1. The van der Waals surface area contributed by atoms with Crippen molar-refractivity contribution in [2.45, 2.75) is 18.8 Å². The standard InChI is InChI=1S/C24H23N5O.ClH.H2O/c30-23(18-7-3-1-4-8-18)28-24-25-16-22-21(27-24)15-20(26-22)17-11-13-29(14-12-17)19-9-5-2-6-10-19;;/h1-10,15-17,26H,11-14H2,(H,25,27,28,30);1H;1H2. The summed E-state index contributed by atoms with van der Waals surface area (Å²) in [5.74, 6) is 0.585. The van der Waals surface area contributed by atoms with E-state index in [1.54, 1.807) is 18.3 Å². The summed E-state index contributed by atoms with van der Waals surface area (Å²) in [5, 5.41) is 2.78. The van der Waals surface area contributed by atoms with E-state index in [4.69, 9.17) is 0 Å². The minimum absolute atomic E-state index is 0. The lowest BCUT2D eigenvalue weighted by atomic mass is 9.93. The minimum atomic E-state index is -0.209. The van der Waals surface area contributed by atoms with Crippen molar-refractivity contribution in [1.29, 1.82) is 0 Å². The molecule has 0 unspecified atom stereocenters. The van der Waals surface area contributed by atoms with E-state index >= 15 is 0 Å². The molecule has 166 valence electrons. The van der Waals surface area contributed by atoms with Gasteiger partial charge in [-0.1, -0.05) is 36.4 Å². The van der Waals surface area contributed by atoms with Crippen molar-refractivity contribution in [2.75, 3.05) is 23.3 Å². The number of fused-ring (bicyclic) bond motifs is 1. The molecular weight excluding hydrogens is 426 g/mol. The van der Waals surface area contributed by atoms with E-state index in [-0.39, 0.29) is 23.8 Å². The molecule has 0 spiro atoms. The Morgan fingerprint density at radius 2 is 1.66 bits per heavy atom. The highest BCUT2D eigenvalue weighted by molar-refractivity contribution is 6.03. The van der Waals surface area contributed by atoms with Crippen LogP contribution in [0.25, 0.3) is 11.0 Å². The zero-order valence-corrected chi connectivity index (χ0v) is 18.3. The van der Waals surface area contributed by atoms with Gasteiger partial charge in [0.25, 0.3) is 5.91 Å². The van der Waals surface area contributed by atoms with Crippen molar-refractivity contribution in [3.8, 4) is 0 Å². The van der Waals surface area contributed by atoms with Gasteiger partial charge in [0.2, 0.25) is 5.95 Å². The van der Waals surface area contributed by atoms with Gasteiger partial charge in [0.05, 0.1) is 17.2 Å². The van der Waals surface area contributed by atoms with Crippen LogP contribution in [0, 0.1) is 0 Å². The maximum Gasteiger partial charge on any atom is 0.258 e. The molecule has 4 aromatic rings. The number of anilines is 2. The van der Waals surface area contributed by atoms with Crippen LogP contribution in [0.5, 0.6) is 0 Å². The molecule has 5 rings (SSSR count). The summed E-state index contributed by atoms with van der Waals surface area (Å²) in [6, 6.07) is 21.8. The first kappa shape index (κ1) is 23.2. The average molecular weight is 452 g/mol. The van der Waals surface area contributed by atoms with Crippen molar-refractivity contribution in [2.24, 2.45) is 0 Å². The zero-order valence-electron chi connectivity index (χ0n) is 17.5. The van der Waals surface area contributed by atoms with E-state index < -0.39 is 0 Å². The molecule has 4 N–H and O–H groups in total. The van der Waals surface area contributed by atoms with E-state index in [0.29, 0.717) is 17.4 Å². The van der Waals surface area contributed by atoms with Crippen LogP contribution in [-0.2, 0) is 0 Å². The first-order valence-corrected chi connectivity index (χ1v) is 10.3. The number of hydrogen-bond donors (Lipinski definition) is 2. The Labute approximate surface area is 192 Å². The third-order valence-electron chi connectivity index (χ3n) is 5.71. The number of rotatable bonds is 4. The van der Waals surface area contributed by atoms with Crippen molar-refractivity contribution in [3.05, 3.63) is 84.2 Å². The number of carbonyl (C=O) groups excluding carboxylic acids is 1. The van der Waals surface area contributed by atoms with Crippen molar-refractivity contribution < 1.29 is 10.3 Å². The van der Waals surface area contributed by atoms with E-state index in [9.17, 15) is 4.79 Å². The van der Waals surface area contributed by atoms with Crippen molar-refractivity contribution in [1.82, 2.24) is 15.0 Å². The zero-order chi connectivity index (χ0) is 20.3. The maximum absolute atomic E-state index is 12.3. The van der Waals surface area contributed by atoms with E-state index in [1.807, 2.05) is 18.2 Å². The smallest absolute Gasteiger partial charge is 0.258 e. The van der Waals surface area contributed by atoms with Crippen LogP contribution in [0.15, 0.2) is 72.9 Å². The van der Waals surface area contributed by atoms with Gasteiger partial charge in [-0.05, 0) is 43.2 Å². The molecule has 32 heavy (non-hydrogen) atoms. The highest BCUT2D eigenvalue weighted by atomic mass is 35.5. The number of para-hydroxylation sites is 1. The Morgan fingerprint density at radius 3 is 2.34 bits per heavy atom. The number of halogens is 1. The fourth-order valence-corrected chi connectivity index (χ4v) is 4.07. The third-order valence-corrected chi connectivity index (χ3v) is 5.71. The highest BCUT2D eigenvalue weighted by Crippen LogP contribution is 2.31. The molecule has 1 saturated heterocycles. The molecule has 1 aliphatic rings. The maximum atomic E-state index is 12.3. The molecule has 3 heterocycles. The SMILES string of the molecule is Cl.O.O=C(Nc1ncc2[nH]c(C3CCN(c4ccccc4)CC3)cc2n1)c1ccccc1. The lowest BCUT2D eigenvalue weighted by Gasteiger charge is -2.33. The first-order chi connectivity index (χ1) is 14.8. The van der Waals surface area contributed by atoms with Gasteiger partial charge in [0.15, 0.2) is 0 Å². The molecular formula is C24H26ClN5O2. The van der Waals surface area contributed by atoms with Crippen LogP contribution in [-0.4, -0.2) is 39.4 Å². The number of amides is 1. The van der Waals surface area contributed by atoms with Gasteiger partial charge in [-0.3, -0.25) is 10.1 Å². The molecule has 1 fully saturated rings. The van der Waals surface area contributed by atoms with Crippen LogP contribution in [0.2, 0.25) is 0 Å². The Morgan fingerprint density at radius 1 is 1.00 bits per heavy atom. The van der Waals surface area contributed by atoms with E-state index in [1.165, 1.54) is 11.4 Å². The van der Waals surface area contributed by atoms with E-state index in [2.05, 4.69) is 61.6 Å². The number of benzene rings is 2. The summed E-state index contributed by atoms with van der Waals surface area (Å²) in [6.45, 7) is 2.07. The Bertz CT molecular complexity index is 1160. The fourth-order valence-electron chi connectivity index (χ4n) is 4.07. The van der Waals surface area contributed by atoms with Gasteiger partial charge in [-0.2, -0.15) is 0 Å². The van der Waals surface area contributed by atoms with Crippen LogP contribution in [0.1, 0.15) is 34.8 Å². The van der Waals surface area contributed by atoms with Gasteiger partial charge in [0, 0.05) is 36.0 Å². The first-order valence-electron chi connectivity index (χ1n) is 10.3. The van der Waals surface area contributed by atoms with Crippen molar-refractivity contribution >= 4 is 41.0 Å². The number of aromatic amines is 1. The number of nitrogens with zero attached hydrogens (tertiary/aromatic N) is 3. The number of aromatic nitrogens is 3. The molecule has 0 bridgehead atoms. The van der Waals surface area contributed by atoms with Crippen LogP contribution in [0.4, 0.5) is 11.6 Å². The molecule has 0 saturated carbocycles. The van der Waals surface area contributed by atoms with Gasteiger partial charge >= 0.3 is 0 Å².